The van der Waals surface area contributed by atoms with Crippen molar-refractivity contribution in [1.29, 1.82) is 0 Å². The number of rotatable bonds is 10. The number of ether oxygens (including phenoxy) is 1. The first-order chi connectivity index (χ1) is 24.4. The quantitative estimate of drug-likeness (QED) is 0.192. The second-order valence-corrected chi connectivity index (χ2v) is 16.8. The fraction of sp³-hybridized carbons (Fsp3) is 0.595. The van der Waals surface area contributed by atoms with Crippen molar-refractivity contribution in [2.75, 3.05) is 7.11 Å². The summed E-state index contributed by atoms with van der Waals surface area (Å²) in [6.45, 7) is 9.69. The van der Waals surface area contributed by atoms with Gasteiger partial charge in [-0.1, -0.05) is 50.5 Å². The molecule has 3 aliphatic carbocycles. The van der Waals surface area contributed by atoms with Crippen LogP contribution in [0.25, 0.3) is 5.69 Å². The van der Waals surface area contributed by atoms with Gasteiger partial charge in [-0.2, -0.15) is 0 Å². The van der Waals surface area contributed by atoms with Crippen LogP contribution in [0.5, 0.6) is 5.75 Å². The van der Waals surface area contributed by atoms with Gasteiger partial charge in [-0.15, -0.1) is 0 Å². The number of fused-ring (bicyclic) bond motifs is 2. The van der Waals surface area contributed by atoms with Crippen LogP contribution in [0.3, 0.4) is 0 Å². The van der Waals surface area contributed by atoms with E-state index in [0.29, 0.717) is 49.4 Å². The molecule has 4 aliphatic rings. The van der Waals surface area contributed by atoms with E-state index in [9.17, 15) is 19.8 Å². The van der Waals surface area contributed by atoms with Crippen LogP contribution in [-0.2, 0) is 13.1 Å². The van der Waals surface area contributed by atoms with Crippen LogP contribution in [0.1, 0.15) is 110 Å². The largest absolute Gasteiger partial charge is 0.496 e. The number of hydrogen-bond acceptors (Lipinski definition) is 5. The van der Waals surface area contributed by atoms with E-state index in [0.717, 1.165) is 61.8 Å². The first kappa shape index (κ1) is 35.7. The fourth-order valence-corrected chi connectivity index (χ4v) is 10.3. The first-order valence-electron chi connectivity index (χ1n) is 19.3. The number of aliphatic hydroxyl groups is 2. The van der Waals surface area contributed by atoms with Crippen molar-refractivity contribution in [2.24, 2.45) is 23.2 Å². The number of nitrogens with zero attached hydrogens (tertiary/aromatic N) is 4. The molecule has 3 heterocycles. The minimum atomic E-state index is -0.625. The van der Waals surface area contributed by atoms with E-state index in [4.69, 9.17) is 4.74 Å². The molecular weight excluding hydrogens is 640 g/mol. The minimum Gasteiger partial charge on any atom is -0.496 e. The summed E-state index contributed by atoms with van der Waals surface area (Å²) in [7, 11) is 1.67. The summed E-state index contributed by atoms with van der Waals surface area (Å²) in [6.07, 6.45) is 16.3. The molecule has 2 fully saturated rings. The molecule has 2 saturated carbocycles. The molecule has 9 heteroatoms. The molecule has 9 nitrogen and oxygen atoms in total. The molecule has 7 rings (SSSR count). The van der Waals surface area contributed by atoms with E-state index in [2.05, 4.69) is 19.9 Å². The molecule has 51 heavy (non-hydrogen) atoms. The number of methoxy groups -OCH3 is 1. The molecule has 2 aromatic heterocycles. The number of allylic oxidation sites excluding steroid dienone is 3. The lowest BCUT2D eigenvalue weighted by Crippen LogP contribution is -2.39. The zero-order valence-electron chi connectivity index (χ0n) is 31.2. The van der Waals surface area contributed by atoms with Crippen LogP contribution in [-0.4, -0.2) is 43.0 Å². The molecule has 2 N–H and O–H groups in total. The third-order valence-electron chi connectivity index (χ3n) is 12.9. The van der Waals surface area contributed by atoms with Crippen LogP contribution < -0.4 is 20.7 Å². The van der Waals surface area contributed by atoms with E-state index in [1.54, 1.807) is 16.5 Å². The van der Waals surface area contributed by atoms with Crippen molar-refractivity contribution in [3.63, 3.8) is 0 Å². The number of hydrogen-bond donors (Lipinski definition) is 2. The maximum Gasteiger partial charge on any atom is 0.352 e. The lowest BCUT2D eigenvalue weighted by molar-refractivity contribution is -0.688. The predicted octanol–water partition coefficient (Wildman–Crippen LogP) is 6.26. The van der Waals surface area contributed by atoms with Gasteiger partial charge < -0.3 is 14.9 Å². The Bertz CT molecular complexity index is 1930. The van der Waals surface area contributed by atoms with E-state index in [1.807, 2.05) is 67.2 Å². The summed E-state index contributed by atoms with van der Waals surface area (Å²) in [5, 5.41) is 21.2. The second-order valence-electron chi connectivity index (χ2n) is 16.8. The number of para-hydroxylation sites is 1. The Kier molecular flexibility index (Phi) is 9.82. The Morgan fingerprint density at radius 1 is 1.08 bits per heavy atom. The highest BCUT2D eigenvalue weighted by Gasteiger charge is 2.51. The van der Waals surface area contributed by atoms with Gasteiger partial charge in [0, 0.05) is 12.1 Å². The molecular formula is C42H57N4O5+. The van der Waals surface area contributed by atoms with Crippen molar-refractivity contribution < 1.29 is 19.5 Å². The number of aromatic nitrogens is 4. The van der Waals surface area contributed by atoms with Crippen molar-refractivity contribution in [3.8, 4) is 11.4 Å². The molecule has 0 spiro atoms. The minimum absolute atomic E-state index is 0.190. The molecule has 1 aromatic carbocycles. The maximum atomic E-state index is 14.5. The van der Waals surface area contributed by atoms with Gasteiger partial charge in [-0.3, -0.25) is 0 Å². The van der Waals surface area contributed by atoms with Gasteiger partial charge in [0.2, 0.25) is 0 Å². The van der Waals surface area contributed by atoms with E-state index >= 15 is 0 Å². The average molecular weight is 698 g/mol. The Morgan fingerprint density at radius 2 is 1.84 bits per heavy atom. The molecule has 0 amide bonds. The van der Waals surface area contributed by atoms with E-state index in [-0.39, 0.29) is 22.8 Å². The zero-order chi connectivity index (χ0) is 36.1. The van der Waals surface area contributed by atoms with Crippen LogP contribution in [0.4, 0.5) is 0 Å². The highest BCUT2D eigenvalue weighted by atomic mass is 16.5. The zero-order valence-corrected chi connectivity index (χ0v) is 31.2. The van der Waals surface area contributed by atoms with Crippen LogP contribution in [0.15, 0.2) is 81.2 Å². The predicted molar refractivity (Wildman–Crippen MR) is 198 cm³/mol. The second kappa shape index (κ2) is 14.0. The number of benzene rings is 1. The van der Waals surface area contributed by atoms with Crippen molar-refractivity contribution in [3.05, 3.63) is 98.1 Å². The standard InChI is InChI=1S/C42H57N4O5/c1-28(10-8-20-41(2,3)50)35-16-17-36-29(12-9-21-42(35,36)4)24-37-34-25-33(47)15-14-30(34)27-44-39(48)45(40(49)46(37)44)32-18-22-43(23-19-32)26-31-11-6-7-13-38(31)51-5/h6-7,11,13,18-19,22-24,28,33,35-37,47,50H,8-10,12,14-17,20-21,25-27H2,1-5H3/q+1/b29-24+/t28-,33+,35-,36+,37-,42-/m1/s1. The fourth-order valence-electron chi connectivity index (χ4n) is 10.3. The van der Waals surface area contributed by atoms with Gasteiger partial charge in [0.15, 0.2) is 18.9 Å². The summed E-state index contributed by atoms with van der Waals surface area (Å²) in [4.78, 5) is 28.6. The molecule has 0 unspecified atom stereocenters. The van der Waals surface area contributed by atoms with Gasteiger partial charge in [-0.05, 0) is 118 Å². The average Bonchev–Trinajstić information content (AvgIpc) is 3.58. The Hall–Kier alpha value is -3.69. The van der Waals surface area contributed by atoms with Gasteiger partial charge in [0.05, 0.1) is 42.7 Å². The number of aliphatic hydroxyl groups excluding tert-OH is 1. The molecule has 0 bridgehead atoms. The Labute approximate surface area is 301 Å². The maximum absolute atomic E-state index is 14.5. The summed E-state index contributed by atoms with van der Waals surface area (Å²) >= 11 is 0. The molecule has 1 aliphatic heterocycles. The summed E-state index contributed by atoms with van der Waals surface area (Å²) < 4.78 is 12.2. The highest BCUT2D eigenvalue weighted by Crippen LogP contribution is 2.60. The van der Waals surface area contributed by atoms with Crippen LogP contribution in [0.2, 0.25) is 0 Å². The van der Waals surface area contributed by atoms with E-state index in [1.165, 1.54) is 28.6 Å². The lowest BCUT2D eigenvalue weighted by Gasteiger charge is -2.45. The molecule has 3 aromatic rings. The van der Waals surface area contributed by atoms with Gasteiger partial charge in [0.1, 0.15) is 5.75 Å². The SMILES string of the molecule is COc1ccccc1C[n+]1ccc(-n2c(=O)n3n(c2=O)[C@H](/C=C2\CCC[C@]4(C)[C@@H]([C@H](C)CCCC(C)(C)O)CC[C@@H]24)C2=C(CC[C@H](O)C2)C3)cc1. The topological polar surface area (TPSA) is 102 Å². The Morgan fingerprint density at radius 3 is 2.59 bits per heavy atom. The first-order valence-corrected chi connectivity index (χ1v) is 19.3. The summed E-state index contributed by atoms with van der Waals surface area (Å²) in [5.41, 5.74) is 4.22. The van der Waals surface area contributed by atoms with Gasteiger partial charge in [0.25, 0.3) is 0 Å². The number of pyridine rings is 1. The summed E-state index contributed by atoms with van der Waals surface area (Å²) in [6, 6.07) is 11.2. The Balaban J connectivity index is 1.21. The normalized spacial score (nSPS) is 27.6. The van der Waals surface area contributed by atoms with Gasteiger partial charge >= 0.3 is 11.4 Å². The van der Waals surface area contributed by atoms with Crippen molar-refractivity contribution >= 4 is 0 Å². The third kappa shape index (κ3) is 6.84. The molecule has 274 valence electrons. The molecule has 0 saturated heterocycles. The van der Waals surface area contributed by atoms with Crippen molar-refractivity contribution in [1.82, 2.24) is 13.9 Å². The smallest absolute Gasteiger partial charge is 0.352 e. The van der Waals surface area contributed by atoms with Crippen LogP contribution >= 0.6 is 0 Å². The van der Waals surface area contributed by atoms with E-state index < -0.39 is 11.7 Å². The monoisotopic (exact) mass is 697 g/mol. The molecule has 0 radical (unpaired) electrons. The van der Waals surface area contributed by atoms with Gasteiger partial charge in [-0.25, -0.2) is 28.1 Å². The molecule has 6 atom stereocenters. The van der Waals surface area contributed by atoms with Crippen molar-refractivity contribution in [2.45, 2.75) is 129 Å². The van der Waals surface area contributed by atoms with Crippen LogP contribution in [0, 0.1) is 23.2 Å². The lowest BCUT2D eigenvalue weighted by atomic mass is 9.60. The highest BCUT2D eigenvalue weighted by molar-refractivity contribution is 5.35. The summed E-state index contributed by atoms with van der Waals surface area (Å²) in [5.74, 6) is 2.46. The third-order valence-corrected chi connectivity index (χ3v) is 12.9.